The zero-order chi connectivity index (χ0) is 14.5. The lowest BCUT2D eigenvalue weighted by molar-refractivity contribution is 0.0884. The summed E-state index contributed by atoms with van der Waals surface area (Å²) in [5, 5.41) is 0. The molecule has 0 spiro atoms. The average molecular weight is 277 g/mol. The van der Waals surface area contributed by atoms with E-state index in [2.05, 4.69) is 30.7 Å². The molecule has 0 radical (unpaired) electrons. The van der Waals surface area contributed by atoms with Gasteiger partial charge in [0.2, 0.25) is 0 Å². The molecular formula is C16H27N3O. The zero-order valence-electron chi connectivity index (χ0n) is 12.9. The van der Waals surface area contributed by atoms with Crippen molar-refractivity contribution in [2.45, 2.75) is 71.4 Å². The number of hydrogen-bond acceptors (Lipinski definition) is 4. The number of nitrogens with two attached hydrogens (primary N) is 1. The lowest BCUT2D eigenvalue weighted by Crippen LogP contribution is -2.30. The Morgan fingerprint density at radius 3 is 2.75 bits per heavy atom. The maximum absolute atomic E-state index is 6.21. The molecule has 1 aliphatic rings. The molecule has 1 saturated carbocycles. The number of hydrogen-bond donors (Lipinski definition) is 1. The topological polar surface area (TPSA) is 61.0 Å². The fraction of sp³-hybridized carbons (Fsp3) is 0.750. The molecule has 4 nitrogen and oxygen atoms in total. The van der Waals surface area contributed by atoms with Gasteiger partial charge < -0.3 is 10.5 Å². The lowest BCUT2D eigenvalue weighted by atomic mass is 9.85. The SMILES string of the molecule is CCC1CCCCC1Oc1cnc(C(C)C)nc1CN. The maximum atomic E-state index is 6.21. The molecule has 1 aliphatic carbocycles. The summed E-state index contributed by atoms with van der Waals surface area (Å²) < 4.78 is 6.21. The van der Waals surface area contributed by atoms with E-state index in [-0.39, 0.29) is 0 Å². The molecule has 1 heterocycles. The van der Waals surface area contributed by atoms with Gasteiger partial charge in [0.1, 0.15) is 11.9 Å². The summed E-state index contributed by atoms with van der Waals surface area (Å²) in [5.41, 5.74) is 6.66. The zero-order valence-corrected chi connectivity index (χ0v) is 12.9. The third-order valence-electron chi connectivity index (χ3n) is 4.20. The van der Waals surface area contributed by atoms with Crippen LogP contribution in [0.5, 0.6) is 5.75 Å². The largest absolute Gasteiger partial charge is 0.487 e. The Bertz CT molecular complexity index is 434. The minimum atomic E-state index is 0.299. The molecule has 2 unspecified atom stereocenters. The standard InChI is InChI=1S/C16H27N3O/c1-4-12-7-5-6-8-14(12)20-15-10-18-16(11(2)3)19-13(15)9-17/h10-12,14H,4-9,17H2,1-3H3. The smallest absolute Gasteiger partial charge is 0.160 e. The minimum absolute atomic E-state index is 0.299. The summed E-state index contributed by atoms with van der Waals surface area (Å²) in [5.74, 6) is 2.59. The molecule has 0 saturated heterocycles. The van der Waals surface area contributed by atoms with Gasteiger partial charge in [0, 0.05) is 12.5 Å². The van der Waals surface area contributed by atoms with E-state index >= 15 is 0 Å². The van der Waals surface area contributed by atoms with E-state index in [1.54, 1.807) is 0 Å². The van der Waals surface area contributed by atoms with Crippen LogP contribution in [0.1, 0.15) is 70.3 Å². The van der Waals surface area contributed by atoms with Crippen molar-refractivity contribution in [1.29, 1.82) is 0 Å². The molecule has 2 rings (SSSR count). The summed E-state index contributed by atoms with van der Waals surface area (Å²) in [6.45, 7) is 6.82. The van der Waals surface area contributed by atoms with Crippen LogP contribution in [0.4, 0.5) is 0 Å². The van der Waals surface area contributed by atoms with Crippen LogP contribution in [-0.2, 0) is 6.54 Å². The molecule has 2 atom stereocenters. The molecule has 1 aromatic heterocycles. The molecular weight excluding hydrogens is 250 g/mol. The molecule has 0 amide bonds. The predicted molar refractivity (Wildman–Crippen MR) is 80.7 cm³/mol. The van der Waals surface area contributed by atoms with E-state index in [1.165, 1.54) is 25.7 Å². The third kappa shape index (κ3) is 3.48. The summed E-state index contributed by atoms with van der Waals surface area (Å²) in [6.07, 6.45) is 8.26. The van der Waals surface area contributed by atoms with Crippen molar-refractivity contribution in [2.75, 3.05) is 0 Å². The van der Waals surface area contributed by atoms with E-state index in [0.29, 0.717) is 24.5 Å². The summed E-state index contributed by atoms with van der Waals surface area (Å²) in [6, 6.07) is 0. The van der Waals surface area contributed by atoms with Crippen molar-refractivity contribution in [1.82, 2.24) is 9.97 Å². The highest BCUT2D eigenvalue weighted by Gasteiger charge is 2.26. The van der Waals surface area contributed by atoms with Gasteiger partial charge in [0.05, 0.1) is 11.9 Å². The van der Waals surface area contributed by atoms with Crippen molar-refractivity contribution in [3.05, 3.63) is 17.7 Å². The maximum Gasteiger partial charge on any atom is 0.160 e. The fourth-order valence-electron chi connectivity index (χ4n) is 2.90. The van der Waals surface area contributed by atoms with Crippen LogP contribution in [0.2, 0.25) is 0 Å². The molecule has 0 aliphatic heterocycles. The number of nitrogens with zero attached hydrogens (tertiary/aromatic N) is 2. The van der Waals surface area contributed by atoms with Crippen molar-refractivity contribution >= 4 is 0 Å². The molecule has 1 aromatic rings. The Hall–Kier alpha value is -1.16. The molecule has 0 bridgehead atoms. The predicted octanol–water partition coefficient (Wildman–Crippen LogP) is 3.41. The normalized spacial score (nSPS) is 23.1. The molecule has 4 heteroatoms. The highest BCUT2D eigenvalue weighted by atomic mass is 16.5. The van der Waals surface area contributed by atoms with Gasteiger partial charge in [-0.15, -0.1) is 0 Å². The Kier molecular flexibility index (Phi) is 5.35. The minimum Gasteiger partial charge on any atom is -0.487 e. The van der Waals surface area contributed by atoms with Crippen LogP contribution in [0.3, 0.4) is 0 Å². The quantitative estimate of drug-likeness (QED) is 0.896. The van der Waals surface area contributed by atoms with Gasteiger partial charge in [-0.1, -0.05) is 27.2 Å². The molecule has 2 N–H and O–H groups in total. The highest BCUT2D eigenvalue weighted by Crippen LogP contribution is 2.31. The van der Waals surface area contributed by atoms with Crippen LogP contribution in [0.15, 0.2) is 6.20 Å². The Morgan fingerprint density at radius 2 is 2.10 bits per heavy atom. The summed E-state index contributed by atoms with van der Waals surface area (Å²) in [4.78, 5) is 8.96. The van der Waals surface area contributed by atoms with Gasteiger partial charge in [0.25, 0.3) is 0 Å². The van der Waals surface area contributed by atoms with Gasteiger partial charge in [-0.05, 0) is 31.6 Å². The van der Waals surface area contributed by atoms with Crippen LogP contribution in [0, 0.1) is 5.92 Å². The van der Waals surface area contributed by atoms with Crippen LogP contribution < -0.4 is 10.5 Å². The van der Waals surface area contributed by atoms with E-state index in [9.17, 15) is 0 Å². The van der Waals surface area contributed by atoms with Gasteiger partial charge in [-0.25, -0.2) is 9.97 Å². The van der Waals surface area contributed by atoms with Gasteiger partial charge in [0.15, 0.2) is 5.75 Å². The third-order valence-corrected chi connectivity index (χ3v) is 4.20. The van der Waals surface area contributed by atoms with E-state index in [0.717, 1.165) is 23.7 Å². The lowest BCUT2D eigenvalue weighted by Gasteiger charge is -2.31. The van der Waals surface area contributed by atoms with Crippen molar-refractivity contribution < 1.29 is 4.74 Å². The average Bonchev–Trinajstić information content (AvgIpc) is 2.48. The molecule has 0 aromatic carbocycles. The number of aromatic nitrogens is 2. The second kappa shape index (κ2) is 7.02. The molecule has 112 valence electrons. The first-order chi connectivity index (χ1) is 9.65. The Morgan fingerprint density at radius 1 is 1.35 bits per heavy atom. The Balaban J connectivity index is 2.15. The summed E-state index contributed by atoms with van der Waals surface area (Å²) in [7, 11) is 0. The monoisotopic (exact) mass is 277 g/mol. The van der Waals surface area contributed by atoms with Crippen LogP contribution >= 0.6 is 0 Å². The number of ether oxygens (including phenoxy) is 1. The van der Waals surface area contributed by atoms with Crippen LogP contribution in [0.25, 0.3) is 0 Å². The number of rotatable bonds is 5. The van der Waals surface area contributed by atoms with Crippen molar-refractivity contribution in [2.24, 2.45) is 11.7 Å². The first kappa shape index (κ1) is 15.2. The molecule has 20 heavy (non-hydrogen) atoms. The van der Waals surface area contributed by atoms with E-state index in [1.807, 2.05) is 6.20 Å². The van der Waals surface area contributed by atoms with Gasteiger partial charge >= 0.3 is 0 Å². The van der Waals surface area contributed by atoms with Crippen molar-refractivity contribution in [3.8, 4) is 5.75 Å². The Labute approximate surface area is 122 Å². The van der Waals surface area contributed by atoms with Crippen molar-refractivity contribution in [3.63, 3.8) is 0 Å². The van der Waals surface area contributed by atoms with Gasteiger partial charge in [-0.2, -0.15) is 0 Å². The fourth-order valence-corrected chi connectivity index (χ4v) is 2.90. The van der Waals surface area contributed by atoms with E-state index < -0.39 is 0 Å². The van der Waals surface area contributed by atoms with Crippen LogP contribution in [-0.4, -0.2) is 16.1 Å². The first-order valence-electron chi connectivity index (χ1n) is 7.88. The first-order valence-corrected chi connectivity index (χ1v) is 7.88. The summed E-state index contributed by atoms with van der Waals surface area (Å²) >= 11 is 0. The second-order valence-electron chi connectivity index (χ2n) is 6.01. The molecule has 1 fully saturated rings. The van der Waals surface area contributed by atoms with E-state index in [4.69, 9.17) is 10.5 Å². The van der Waals surface area contributed by atoms with Gasteiger partial charge in [-0.3, -0.25) is 0 Å². The highest BCUT2D eigenvalue weighted by molar-refractivity contribution is 5.25. The second-order valence-corrected chi connectivity index (χ2v) is 6.01.